The summed E-state index contributed by atoms with van der Waals surface area (Å²) in [6.07, 6.45) is -5.01. The largest absolute Gasteiger partial charge is 0.471 e. The molecule has 0 spiro atoms. The van der Waals surface area contributed by atoms with E-state index in [9.17, 15) is 22.8 Å². The fourth-order valence-electron chi connectivity index (χ4n) is 1.37. The van der Waals surface area contributed by atoms with Crippen LogP contribution in [0, 0.1) is 0 Å². The van der Waals surface area contributed by atoms with Crippen molar-refractivity contribution in [3.05, 3.63) is 23.8 Å². The minimum absolute atomic E-state index is 0.0414. The third-order valence-electron chi connectivity index (χ3n) is 2.30. The second-order valence-electron chi connectivity index (χ2n) is 3.67. The summed E-state index contributed by atoms with van der Waals surface area (Å²) in [5.74, 6) is -2.82. The highest BCUT2D eigenvalue weighted by atomic mass is 19.4. The van der Waals surface area contributed by atoms with E-state index >= 15 is 0 Å². The van der Waals surface area contributed by atoms with Crippen LogP contribution in [0.1, 0.15) is 10.4 Å². The van der Waals surface area contributed by atoms with Crippen molar-refractivity contribution < 1.29 is 27.5 Å². The van der Waals surface area contributed by atoms with Gasteiger partial charge in [-0.1, -0.05) is 0 Å². The predicted molar refractivity (Wildman–Crippen MR) is 61.7 cm³/mol. The number of nitrogen functional groups attached to an aromatic ring is 1. The zero-order chi connectivity index (χ0) is 14.8. The van der Waals surface area contributed by atoms with Crippen LogP contribution in [0.2, 0.25) is 0 Å². The van der Waals surface area contributed by atoms with Gasteiger partial charge in [-0.05, 0) is 18.2 Å². The summed E-state index contributed by atoms with van der Waals surface area (Å²) in [5, 5.41) is 0. The Bertz CT molecular complexity index is 514. The zero-order valence-corrected chi connectivity index (χ0v) is 10.1. The van der Waals surface area contributed by atoms with Gasteiger partial charge in [0, 0.05) is 18.4 Å². The molecule has 0 fully saturated rings. The number of nitrogens with two attached hydrogens (primary N) is 1. The smallest absolute Gasteiger partial charge is 0.465 e. The van der Waals surface area contributed by atoms with E-state index in [0.717, 1.165) is 26.3 Å². The van der Waals surface area contributed by atoms with E-state index in [1.165, 1.54) is 6.07 Å². The number of methoxy groups -OCH3 is 1. The zero-order valence-electron chi connectivity index (χ0n) is 10.1. The second-order valence-corrected chi connectivity index (χ2v) is 3.67. The van der Waals surface area contributed by atoms with E-state index in [0.29, 0.717) is 4.90 Å². The second kappa shape index (κ2) is 5.17. The molecule has 104 valence electrons. The Morgan fingerprint density at radius 1 is 1.26 bits per heavy atom. The number of carbonyl (C=O) groups is 2. The van der Waals surface area contributed by atoms with E-state index in [-0.39, 0.29) is 16.9 Å². The summed E-state index contributed by atoms with van der Waals surface area (Å²) in [7, 11) is 2.06. The maximum Gasteiger partial charge on any atom is 0.471 e. The molecule has 0 aliphatic carbocycles. The van der Waals surface area contributed by atoms with Crippen molar-refractivity contribution in [2.24, 2.45) is 0 Å². The maximum atomic E-state index is 12.3. The van der Waals surface area contributed by atoms with Gasteiger partial charge in [0.15, 0.2) is 0 Å². The number of hydrogen-bond donors (Lipinski definition) is 1. The van der Waals surface area contributed by atoms with Crippen LogP contribution in [-0.2, 0) is 9.53 Å². The number of alkyl halides is 3. The minimum atomic E-state index is -5.01. The molecule has 1 aromatic rings. The summed E-state index contributed by atoms with van der Waals surface area (Å²) < 4.78 is 41.3. The van der Waals surface area contributed by atoms with Gasteiger partial charge in [-0.15, -0.1) is 0 Å². The molecule has 5 nitrogen and oxygen atoms in total. The van der Waals surface area contributed by atoms with Crippen LogP contribution in [0.3, 0.4) is 0 Å². The summed E-state index contributed by atoms with van der Waals surface area (Å²) in [6, 6.07) is 3.48. The Morgan fingerprint density at radius 3 is 2.32 bits per heavy atom. The van der Waals surface area contributed by atoms with Crippen LogP contribution in [0.25, 0.3) is 0 Å². The monoisotopic (exact) mass is 276 g/mol. The van der Waals surface area contributed by atoms with E-state index in [1.54, 1.807) is 0 Å². The SMILES string of the molecule is COC(=O)c1cc(N)cc(N(C)C(=O)C(F)(F)F)c1. The highest BCUT2D eigenvalue weighted by Crippen LogP contribution is 2.25. The predicted octanol–water partition coefficient (Wildman–Crippen LogP) is 1.58. The van der Waals surface area contributed by atoms with Gasteiger partial charge in [0.1, 0.15) is 0 Å². The number of benzene rings is 1. The molecule has 8 heteroatoms. The number of hydrogen-bond acceptors (Lipinski definition) is 4. The van der Waals surface area contributed by atoms with Crippen molar-refractivity contribution in [3.63, 3.8) is 0 Å². The lowest BCUT2D eigenvalue weighted by Crippen LogP contribution is -2.38. The number of nitrogens with zero attached hydrogens (tertiary/aromatic N) is 1. The molecule has 0 bridgehead atoms. The molecule has 0 saturated carbocycles. The average Bonchev–Trinajstić information content (AvgIpc) is 2.34. The quantitative estimate of drug-likeness (QED) is 0.657. The third kappa shape index (κ3) is 3.36. The molecule has 0 aliphatic rings. The van der Waals surface area contributed by atoms with E-state index in [1.807, 2.05) is 0 Å². The fourth-order valence-corrected chi connectivity index (χ4v) is 1.37. The number of ether oxygens (including phenoxy) is 1. The minimum Gasteiger partial charge on any atom is -0.465 e. The van der Waals surface area contributed by atoms with Crippen LogP contribution in [0.4, 0.5) is 24.5 Å². The molecule has 0 aliphatic heterocycles. The molecule has 0 unspecified atom stereocenters. The number of esters is 1. The number of anilines is 2. The normalized spacial score (nSPS) is 11.0. The third-order valence-corrected chi connectivity index (χ3v) is 2.30. The number of carbonyl (C=O) groups excluding carboxylic acids is 2. The number of rotatable bonds is 2. The van der Waals surface area contributed by atoms with Gasteiger partial charge in [0.05, 0.1) is 12.7 Å². The molecule has 1 amide bonds. The Kier molecular flexibility index (Phi) is 4.03. The van der Waals surface area contributed by atoms with Crippen LogP contribution in [-0.4, -0.2) is 32.2 Å². The van der Waals surface area contributed by atoms with Gasteiger partial charge in [0.2, 0.25) is 0 Å². The Morgan fingerprint density at radius 2 is 1.84 bits per heavy atom. The van der Waals surface area contributed by atoms with Gasteiger partial charge in [0.25, 0.3) is 0 Å². The Balaban J connectivity index is 3.17. The molecule has 0 radical (unpaired) electrons. The summed E-state index contributed by atoms with van der Waals surface area (Å²) in [4.78, 5) is 22.7. The van der Waals surface area contributed by atoms with Crippen LogP contribution >= 0.6 is 0 Å². The number of amides is 1. The lowest BCUT2D eigenvalue weighted by Gasteiger charge is -2.19. The van der Waals surface area contributed by atoms with Crippen molar-refractivity contribution in [2.45, 2.75) is 6.18 Å². The average molecular weight is 276 g/mol. The molecule has 0 aromatic heterocycles. The Hall–Kier alpha value is -2.25. The van der Waals surface area contributed by atoms with Crippen LogP contribution in [0.15, 0.2) is 18.2 Å². The van der Waals surface area contributed by atoms with Crippen LogP contribution in [0.5, 0.6) is 0 Å². The highest BCUT2D eigenvalue weighted by Gasteiger charge is 2.41. The van der Waals surface area contributed by atoms with Gasteiger partial charge in [-0.3, -0.25) is 4.79 Å². The molecule has 0 saturated heterocycles. The highest BCUT2D eigenvalue weighted by molar-refractivity contribution is 5.99. The number of halogens is 3. The lowest BCUT2D eigenvalue weighted by atomic mass is 10.1. The summed E-state index contributed by atoms with van der Waals surface area (Å²) >= 11 is 0. The van der Waals surface area contributed by atoms with Gasteiger partial charge in [-0.2, -0.15) is 13.2 Å². The van der Waals surface area contributed by atoms with Gasteiger partial charge >= 0.3 is 18.1 Å². The Labute approximate surface area is 106 Å². The van der Waals surface area contributed by atoms with Gasteiger partial charge < -0.3 is 15.4 Å². The maximum absolute atomic E-state index is 12.3. The van der Waals surface area contributed by atoms with Crippen molar-refractivity contribution in [1.29, 1.82) is 0 Å². The topological polar surface area (TPSA) is 72.6 Å². The van der Waals surface area contributed by atoms with Gasteiger partial charge in [-0.25, -0.2) is 4.79 Å². The molecule has 1 aromatic carbocycles. The molecule has 0 atom stereocenters. The van der Waals surface area contributed by atoms with E-state index < -0.39 is 18.1 Å². The first-order valence-corrected chi connectivity index (χ1v) is 5.00. The van der Waals surface area contributed by atoms with Crippen molar-refractivity contribution in [3.8, 4) is 0 Å². The van der Waals surface area contributed by atoms with Crippen molar-refractivity contribution >= 4 is 23.3 Å². The molecule has 2 N–H and O–H groups in total. The molecule has 19 heavy (non-hydrogen) atoms. The molecular weight excluding hydrogens is 265 g/mol. The van der Waals surface area contributed by atoms with Crippen LogP contribution < -0.4 is 10.6 Å². The van der Waals surface area contributed by atoms with E-state index in [4.69, 9.17) is 5.73 Å². The standard InChI is InChI=1S/C11H11F3N2O3/c1-16(10(18)11(12,13)14)8-4-6(9(17)19-2)3-7(15)5-8/h3-5H,15H2,1-2H3. The first kappa shape index (κ1) is 14.8. The molecule has 1 rings (SSSR count). The summed E-state index contributed by atoms with van der Waals surface area (Å²) in [5.41, 5.74) is 5.32. The first-order chi connectivity index (χ1) is 8.66. The van der Waals surface area contributed by atoms with Crippen molar-refractivity contribution in [1.82, 2.24) is 0 Å². The van der Waals surface area contributed by atoms with Crippen molar-refractivity contribution in [2.75, 3.05) is 24.8 Å². The van der Waals surface area contributed by atoms with E-state index in [2.05, 4.69) is 4.74 Å². The first-order valence-electron chi connectivity index (χ1n) is 5.00. The summed E-state index contributed by atoms with van der Waals surface area (Å²) in [6.45, 7) is 0. The molecular formula is C11H11F3N2O3. The fraction of sp³-hybridized carbons (Fsp3) is 0.273. The lowest BCUT2D eigenvalue weighted by molar-refractivity contribution is -0.170. The molecule has 0 heterocycles.